The highest BCUT2D eigenvalue weighted by Gasteiger charge is 2.22. The van der Waals surface area contributed by atoms with Crippen molar-refractivity contribution in [3.8, 4) is 0 Å². The zero-order valence-electron chi connectivity index (χ0n) is 18.0. The predicted octanol–water partition coefficient (Wildman–Crippen LogP) is 3.53. The molecule has 31 heavy (non-hydrogen) atoms. The second-order valence-electron chi connectivity index (χ2n) is 7.91. The summed E-state index contributed by atoms with van der Waals surface area (Å²) in [5, 5.41) is 0. The topological polar surface area (TPSA) is 78.4 Å². The molecule has 4 rings (SSSR count). The Kier molecular flexibility index (Phi) is 5.82. The van der Waals surface area contributed by atoms with E-state index in [2.05, 4.69) is 36.6 Å². The van der Waals surface area contributed by atoms with E-state index in [1.54, 1.807) is 0 Å². The van der Waals surface area contributed by atoms with Gasteiger partial charge in [-0.25, -0.2) is 18.4 Å². The molecular weight excluding hydrogens is 410 g/mol. The fourth-order valence-corrected chi connectivity index (χ4v) is 5.62. The number of nitrogens with zero attached hydrogens (tertiary/aromatic N) is 4. The molecule has 0 radical (unpaired) electrons. The Morgan fingerprint density at radius 2 is 1.39 bits per heavy atom. The minimum atomic E-state index is -3.72. The lowest BCUT2D eigenvalue weighted by molar-refractivity contribution is 0.600. The Balaban J connectivity index is 1.43. The van der Waals surface area contributed by atoms with Crippen LogP contribution in [0.3, 0.4) is 0 Å². The third-order valence-electron chi connectivity index (χ3n) is 5.45. The molecule has 1 aliphatic rings. The van der Waals surface area contributed by atoms with Gasteiger partial charge in [0, 0.05) is 31.9 Å². The summed E-state index contributed by atoms with van der Waals surface area (Å²) in [6.07, 6.45) is 3.06. The zero-order valence-corrected chi connectivity index (χ0v) is 18.9. The minimum Gasteiger partial charge on any atom is -0.368 e. The molecule has 1 N–H and O–H groups in total. The fraction of sp³-hybridized carbons (Fsp3) is 0.304. The summed E-state index contributed by atoms with van der Waals surface area (Å²) in [6.45, 7) is 8.95. The molecule has 2 heterocycles. The number of piperazine rings is 1. The van der Waals surface area contributed by atoms with Gasteiger partial charge in [-0.2, -0.15) is 0 Å². The first-order valence-corrected chi connectivity index (χ1v) is 11.8. The average Bonchev–Trinajstić information content (AvgIpc) is 2.74. The van der Waals surface area contributed by atoms with Crippen LogP contribution in [0.5, 0.6) is 0 Å². The van der Waals surface area contributed by atoms with Crippen molar-refractivity contribution in [3.05, 3.63) is 71.5 Å². The van der Waals surface area contributed by atoms with Gasteiger partial charge in [0.15, 0.2) is 0 Å². The van der Waals surface area contributed by atoms with E-state index >= 15 is 0 Å². The number of sulfonamides is 1. The number of benzene rings is 2. The summed E-state index contributed by atoms with van der Waals surface area (Å²) in [7, 11) is -3.72. The average molecular weight is 438 g/mol. The summed E-state index contributed by atoms with van der Waals surface area (Å²) < 4.78 is 28.5. The summed E-state index contributed by atoms with van der Waals surface area (Å²) >= 11 is 0. The van der Waals surface area contributed by atoms with Crippen molar-refractivity contribution in [1.29, 1.82) is 0 Å². The summed E-state index contributed by atoms with van der Waals surface area (Å²) in [4.78, 5) is 13.6. The van der Waals surface area contributed by atoms with Gasteiger partial charge >= 0.3 is 0 Å². The van der Waals surface area contributed by atoms with E-state index < -0.39 is 10.0 Å². The van der Waals surface area contributed by atoms with Crippen molar-refractivity contribution < 1.29 is 8.42 Å². The zero-order chi connectivity index (χ0) is 22.0. The highest BCUT2D eigenvalue weighted by atomic mass is 32.2. The summed E-state index contributed by atoms with van der Waals surface area (Å²) in [5.41, 5.74) is 4.05. The molecule has 1 aromatic heterocycles. The first-order chi connectivity index (χ1) is 14.8. The number of hydrogen-bond acceptors (Lipinski definition) is 6. The van der Waals surface area contributed by atoms with Gasteiger partial charge in [0.1, 0.15) is 0 Å². The molecule has 7 nitrogen and oxygen atoms in total. The monoisotopic (exact) mass is 437 g/mol. The first kappa shape index (κ1) is 21.1. The van der Waals surface area contributed by atoms with E-state index in [4.69, 9.17) is 0 Å². The highest BCUT2D eigenvalue weighted by molar-refractivity contribution is 7.92. The quantitative estimate of drug-likeness (QED) is 0.658. The maximum Gasteiger partial charge on any atom is 0.262 e. The molecule has 162 valence electrons. The number of anilines is 3. The van der Waals surface area contributed by atoms with Crippen molar-refractivity contribution >= 4 is 27.3 Å². The Hall–Kier alpha value is -3.13. The lowest BCUT2D eigenvalue weighted by Crippen LogP contribution is -2.47. The SMILES string of the molecule is Cc1cc(C)c(S(=O)(=O)Nc2cnc(N3CCN(c4ccccc4)CC3)nc2)c(C)c1. The standard InChI is InChI=1S/C23H27N5O2S/c1-17-13-18(2)22(19(3)14-17)31(29,30)26-20-15-24-23(25-16-20)28-11-9-27(10-12-28)21-7-5-4-6-8-21/h4-8,13-16,26H,9-12H2,1-3H3. The Morgan fingerprint density at radius 3 is 1.97 bits per heavy atom. The predicted molar refractivity (Wildman–Crippen MR) is 124 cm³/mol. The van der Waals surface area contributed by atoms with Crippen LogP contribution in [0.1, 0.15) is 16.7 Å². The molecule has 2 aromatic carbocycles. The molecule has 0 saturated carbocycles. The van der Waals surface area contributed by atoms with Gasteiger partial charge in [0.25, 0.3) is 10.0 Å². The maximum atomic E-state index is 12.9. The van der Waals surface area contributed by atoms with E-state index in [0.29, 0.717) is 16.5 Å². The van der Waals surface area contributed by atoms with Crippen molar-refractivity contribution in [3.63, 3.8) is 0 Å². The van der Waals surface area contributed by atoms with Crippen LogP contribution in [0, 0.1) is 20.8 Å². The lowest BCUT2D eigenvalue weighted by Gasteiger charge is -2.36. The lowest BCUT2D eigenvalue weighted by atomic mass is 10.1. The van der Waals surface area contributed by atoms with Gasteiger partial charge in [-0.1, -0.05) is 35.9 Å². The normalized spacial score (nSPS) is 14.5. The molecule has 0 unspecified atom stereocenters. The van der Waals surface area contributed by atoms with Gasteiger partial charge in [-0.05, 0) is 44.0 Å². The molecule has 1 fully saturated rings. The smallest absolute Gasteiger partial charge is 0.262 e. The third kappa shape index (κ3) is 4.64. The highest BCUT2D eigenvalue weighted by Crippen LogP contribution is 2.24. The van der Waals surface area contributed by atoms with Gasteiger partial charge < -0.3 is 9.80 Å². The van der Waals surface area contributed by atoms with Crippen molar-refractivity contribution in [1.82, 2.24) is 9.97 Å². The van der Waals surface area contributed by atoms with Crippen molar-refractivity contribution in [2.45, 2.75) is 25.7 Å². The molecule has 8 heteroatoms. The number of rotatable bonds is 5. The number of aryl methyl sites for hydroxylation is 3. The molecule has 0 amide bonds. The molecule has 0 spiro atoms. The van der Waals surface area contributed by atoms with E-state index in [0.717, 1.165) is 42.9 Å². The largest absolute Gasteiger partial charge is 0.368 e. The maximum absolute atomic E-state index is 12.9. The number of aromatic nitrogens is 2. The van der Waals surface area contributed by atoms with Gasteiger partial charge in [0.2, 0.25) is 5.95 Å². The van der Waals surface area contributed by atoms with Crippen LogP contribution in [0.25, 0.3) is 0 Å². The van der Waals surface area contributed by atoms with Crippen LogP contribution >= 0.6 is 0 Å². The second kappa shape index (κ2) is 8.55. The number of hydrogen-bond donors (Lipinski definition) is 1. The van der Waals surface area contributed by atoms with E-state index in [1.165, 1.54) is 18.1 Å². The summed E-state index contributed by atoms with van der Waals surface area (Å²) in [5.74, 6) is 0.610. The van der Waals surface area contributed by atoms with Crippen LogP contribution in [0.4, 0.5) is 17.3 Å². The van der Waals surface area contributed by atoms with Crippen LogP contribution in [-0.2, 0) is 10.0 Å². The van der Waals surface area contributed by atoms with E-state index in [-0.39, 0.29) is 0 Å². The Morgan fingerprint density at radius 1 is 0.839 bits per heavy atom. The molecule has 0 aliphatic carbocycles. The van der Waals surface area contributed by atoms with Gasteiger partial charge in [-0.15, -0.1) is 0 Å². The van der Waals surface area contributed by atoms with Crippen LogP contribution in [-0.4, -0.2) is 44.6 Å². The molecule has 0 bridgehead atoms. The molecule has 1 aliphatic heterocycles. The molecule has 1 saturated heterocycles. The van der Waals surface area contributed by atoms with Crippen LogP contribution < -0.4 is 14.5 Å². The molecule has 3 aromatic rings. The third-order valence-corrected chi connectivity index (χ3v) is 7.13. The van der Waals surface area contributed by atoms with Crippen LogP contribution in [0.2, 0.25) is 0 Å². The minimum absolute atomic E-state index is 0.305. The van der Waals surface area contributed by atoms with Gasteiger partial charge in [-0.3, -0.25) is 4.72 Å². The Labute approximate surface area is 183 Å². The molecular formula is C23H27N5O2S. The number of para-hydroxylation sites is 1. The van der Waals surface area contributed by atoms with Gasteiger partial charge in [0.05, 0.1) is 23.0 Å². The fourth-order valence-electron chi connectivity index (χ4n) is 4.14. The number of nitrogens with one attached hydrogen (secondary N) is 1. The Bertz CT molecular complexity index is 1130. The van der Waals surface area contributed by atoms with Crippen molar-refractivity contribution in [2.24, 2.45) is 0 Å². The van der Waals surface area contributed by atoms with E-state index in [9.17, 15) is 8.42 Å². The van der Waals surface area contributed by atoms with E-state index in [1.807, 2.05) is 51.1 Å². The van der Waals surface area contributed by atoms with Crippen LogP contribution in [0.15, 0.2) is 59.8 Å². The second-order valence-corrected chi connectivity index (χ2v) is 9.53. The van der Waals surface area contributed by atoms with Crippen molar-refractivity contribution in [2.75, 3.05) is 40.7 Å². The molecule has 0 atom stereocenters. The first-order valence-electron chi connectivity index (χ1n) is 10.3. The summed E-state index contributed by atoms with van der Waals surface area (Å²) in [6, 6.07) is 14.1.